The average molecular weight is 381 g/mol. The minimum atomic E-state index is -0.502. The van der Waals surface area contributed by atoms with Gasteiger partial charge < -0.3 is 15.4 Å². The van der Waals surface area contributed by atoms with Gasteiger partial charge >= 0.3 is 6.03 Å². The summed E-state index contributed by atoms with van der Waals surface area (Å²) in [5.74, 6) is 0.355. The number of amides is 3. The van der Waals surface area contributed by atoms with Crippen molar-refractivity contribution in [3.63, 3.8) is 0 Å². The van der Waals surface area contributed by atoms with E-state index in [1.54, 1.807) is 21.0 Å². The molecule has 1 aromatic heterocycles. The van der Waals surface area contributed by atoms with Crippen molar-refractivity contribution in [2.45, 2.75) is 23.4 Å². The molecule has 0 spiro atoms. The zero-order valence-electron chi connectivity index (χ0n) is 14.0. The fourth-order valence-electron chi connectivity index (χ4n) is 1.76. The minimum Gasteiger partial charge on any atom is -0.497 e. The van der Waals surface area contributed by atoms with E-state index in [0.717, 1.165) is 11.4 Å². The highest BCUT2D eigenvalue weighted by Gasteiger charge is 2.19. The summed E-state index contributed by atoms with van der Waals surface area (Å²) in [7, 11) is 1.60. The van der Waals surface area contributed by atoms with Gasteiger partial charge in [0.15, 0.2) is 4.34 Å². The fraction of sp³-hybridized carbons (Fsp3) is 0.333. The molecular weight excluding hydrogens is 362 g/mol. The molecule has 0 aliphatic heterocycles. The second-order valence-corrected chi connectivity index (χ2v) is 7.40. The van der Waals surface area contributed by atoms with Crippen LogP contribution in [0.5, 0.6) is 5.75 Å². The first-order valence-electron chi connectivity index (χ1n) is 7.51. The molecule has 1 heterocycles. The molecule has 0 aliphatic rings. The third-order valence-corrected chi connectivity index (χ3v) is 4.97. The Hall–Kier alpha value is -2.33. The Kier molecular flexibility index (Phi) is 7.02. The third-order valence-electron chi connectivity index (χ3n) is 2.95. The molecule has 0 saturated carbocycles. The highest BCUT2D eigenvalue weighted by atomic mass is 32.2. The molecule has 3 N–H and O–H groups in total. The number of benzene rings is 1. The fourth-order valence-corrected chi connectivity index (χ4v) is 3.67. The van der Waals surface area contributed by atoms with Crippen molar-refractivity contribution in [3.05, 3.63) is 24.3 Å². The number of aromatic nitrogens is 2. The standard InChI is InChI=1S/C15H19N5O3S2/c1-4-16-13(22)18-12(21)9(2)24-15-20-19-14(25-15)17-10-6-5-7-11(8-10)23-3/h5-9H,4H2,1-3H3,(H,17,19)(H2,16,18,21,22)/t9-/m0/s1. The summed E-state index contributed by atoms with van der Waals surface area (Å²) in [5.41, 5.74) is 0.828. The van der Waals surface area contributed by atoms with Gasteiger partial charge in [-0.25, -0.2) is 4.79 Å². The van der Waals surface area contributed by atoms with E-state index in [-0.39, 0.29) is 5.91 Å². The summed E-state index contributed by atoms with van der Waals surface area (Å²) in [6.07, 6.45) is 0. The number of thioether (sulfide) groups is 1. The van der Waals surface area contributed by atoms with E-state index >= 15 is 0 Å². The summed E-state index contributed by atoms with van der Waals surface area (Å²) in [6, 6.07) is 6.95. The molecule has 0 fully saturated rings. The van der Waals surface area contributed by atoms with E-state index in [4.69, 9.17) is 4.74 Å². The zero-order chi connectivity index (χ0) is 18.2. The molecule has 1 atom stereocenters. The molecule has 1 aromatic carbocycles. The van der Waals surface area contributed by atoms with Crippen molar-refractivity contribution in [2.75, 3.05) is 19.0 Å². The molecule has 2 rings (SSSR count). The Labute approximate surface area is 153 Å². The lowest BCUT2D eigenvalue weighted by molar-refractivity contribution is -0.119. The van der Waals surface area contributed by atoms with Crippen molar-refractivity contribution in [1.29, 1.82) is 0 Å². The van der Waals surface area contributed by atoms with Crippen molar-refractivity contribution < 1.29 is 14.3 Å². The summed E-state index contributed by atoms with van der Waals surface area (Å²) in [6.45, 7) is 3.94. The Bertz CT molecular complexity index is 737. The van der Waals surface area contributed by atoms with Gasteiger partial charge in [0.2, 0.25) is 11.0 Å². The van der Waals surface area contributed by atoms with Crippen LogP contribution >= 0.6 is 23.1 Å². The van der Waals surface area contributed by atoms with E-state index in [0.29, 0.717) is 16.0 Å². The summed E-state index contributed by atoms with van der Waals surface area (Å²) in [4.78, 5) is 23.3. The second kappa shape index (κ2) is 9.23. The van der Waals surface area contributed by atoms with Crippen LogP contribution in [0.15, 0.2) is 28.6 Å². The maximum atomic E-state index is 11.9. The Morgan fingerprint density at radius 2 is 2.16 bits per heavy atom. The summed E-state index contributed by atoms with van der Waals surface area (Å²) < 4.78 is 5.80. The van der Waals surface area contributed by atoms with Gasteiger partial charge in [-0.1, -0.05) is 29.2 Å². The first-order chi connectivity index (χ1) is 12.0. The van der Waals surface area contributed by atoms with E-state index in [9.17, 15) is 9.59 Å². The van der Waals surface area contributed by atoms with E-state index in [2.05, 4.69) is 26.1 Å². The van der Waals surface area contributed by atoms with E-state index < -0.39 is 11.3 Å². The number of nitrogens with one attached hydrogen (secondary N) is 3. The van der Waals surface area contributed by atoms with Crippen LogP contribution in [0.25, 0.3) is 0 Å². The first kappa shape index (κ1) is 19.0. The molecule has 3 amide bonds. The topological polar surface area (TPSA) is 105 Å². The predicted molar refractivity (Wildman–Crippen MR) is 98.7 cm³/mol. The van der Waals surface area contributed by atoms with E-state index in [1.807, 2.05) is 24.3 Å². The number of nitrogens with zero attached hydrogens (tertiary/aromatic N) is 2. The molecule has 25 heavy (non-hydrogen) atoms. The molecule has 10 heteroatoms. The molecule has 0 unspecified atom stereocenters. The van der Waals surface area contributed by atoms with Gasteiger partial charge in [-0.15, -0.1) is 10.2 Å². The summed E-state index contributed by atoms with van der Waals surface area (Å²) >= 11 is 2.56. The third kappa shape index (κ3) is 5.91. The number of carbonyl (C=O) groups is 2. The number of urea groups is 1. The molecule has 8 nitrogen and oxygen atoms in total. The van der Waals surface area contributed by atoms with Gasteiger partial charge in [0.25, 0.3) is 0 Å². The Balaban J connectivity index is 1.92. The number of anilines is 2. The number of ether oxygens (including phenoxy) is 1. The van der Waals surface area contributed by atoms with Gasteiger partial charge in [-0.05, 0) is 26.0 Å². The van der Waals surface area contributed by atoms with Crippen molar-refractivity contribution in [1.82, 2.24) is 20.8 Å². The quantitative estimate of drug-likeness (QED) is 0.633. The number of hydrogen-bond acceptors (Lipinski definition) is 8. The summed E-state index contributed by atoms with van der Waals surface area (Å²) in [5, 5.41) is 16.2. The molecule has 0 bridgehead atoms. The molecule has 0 saturated heterocycles. The second-order valence-electron chi connectivity index (χ2n) is 4.84. The normalized spacial score (nSPS) is 11.5. The smallest absolute Gasteiger partial charge is 0.321 e. The maximum absolute atomic E-state index is 11.9. The lowest BCUT2D eigenvalue weighted by Crippen LogP contribution is -2.42. The molecule has 0 radical (unpaired) electrons. The van der Waals surface area contributed by atoms with Gasteiger partial charge in [0.1, 0.15) is 5.75 Å². The van der Waals surface area contributed by atoms with Gasteiger partial charge in [0, 0.05) is 18.3 Å². The Morgan fingerprint density at radius 3 is 2.88 bits per heavy atom. The van der Waals surface area contributed by atoms with Crippen LogP contribution in [0.4, 0.5) is 15.6 Å². The van der Waals surface area contributed by atoms with Crippen LogP contribution in [0.1, 0.15) is 13.8 Å². The number of imide groups is 1. The Morgan fingerprint density at radius 1 is 1.36 bits per heavy atom. The molecule has 2 aromatic rings. The highest BCUT2D eigenvalue weighted by molar-refractivity contribution is 8.02. The monoisotopic (exact) mass is 381 g/mol. The van der Waals surface area contributed by atoms with Crippen LogP contribution in [0.2, 0.25) is 0 Å². The average Bonchev–Trinajstić information content (AvgIpc) is 3.02. The number of carbonyl (C=O) groups excluding carboxylic acids is 2. The van der Waals surface area contributed by atoms with Gasteiger partial charge in [0.05, 0.1) is 12.4 Å². The van der Waals surface area contributed by atoms with Crippen molar-refractivity contribution in [2.24, 2.45) is 0 Å². The van der Waals surface area contributed by atoms with Crippen LogP contribution in [-0.4, -0.2) is 41.0 Å². The van der Waals surface area contributed by atoms with Crippen LogP contribution in [0.3, 0.4) is 0 Å². The minimum absolute atomic E-state index is 0.381. The van der Waals surface area contributed by atoms with Crippen molar-refractivity contribution >= 4 is 45.9 Å². The van der Waals surface area contributed by atoms with E-state index in [1.165, 1.54) is 23.1 Å². The SMILES string of the molecule is CCNC(=O)NC(=O)[C@H](C)Sc1nnc(Nc2cccc(OC)c2)s1. The van der Waals surface area contributed by atoms with Crippen LogP contribution < -0.4 is 20.7 Å². The van der Waals surface area contributed by atoms with Crippen LogP contribution in [0, 0.1) is 0 Å². The number of rotatable bonds is 7. The maximum Gasteiger partial charge on any atom is 0.321 e. The van der Waals surface area contributed by atoms with Gasteiger partial charge in [-0.2, -0.15) is 0 Å². The zero-order valence-corrected chi connectivity index (χ0v) is 15.7. The number of hydrogen-bond donors (Lipinski definition) is 3. The first-order valence-corrected chi connectivity index (χ1v) is 9.21. The molecular formula is C15H19N5O3S2. The highest BCUT2D eigenvalue weighted by Crippen LogP contribution is 2.31. The van der Waals surface area contributed by atoms with Gasteiger partial charge in [-0.3, -0.25) is 10.1 Å². The van der Waals surface area contributed by atoms with Crippen LogP contribution in [-0.2, 0) is 4.79 Å². The largest absolute Gasteiger partial charge is 0.497 e. The number of methoxy groups -OCH3 is 1. The molecule has 134 valence electrons. The lowest BCUT2D eigenvalue weighted by atomic mass is 10.3. The predicted octanol–water partition coefficient (Wildman–Crippen LogP) is 2.62. The van der Waals surface area contributed by atoms with Crippen molar-refractivity contribution in [3.8, 4) is 5.75 Å². The lowest BCUT2D eigenvalue weighted by Gasteiger charge is -2.09. The molecule has 0 aliphatic carbocycles.